The monoisotopic (exact) mass is 1030 g/mol. The molecule has 0 amide bonds. The largest absolute Gasteiger partial charge is 0.509 e. The van der Waals surface area contributed by atoms with Crippen LogP contribution < -0.4 is 0 Å². The number of ether oxygens (including phenoxy) is 8. The molecule has 0 saturated heterocycles. The lowest BCUT2D eigenvalue weighted by molar-refractivity contribution is -0.151. The lowest BCUT2D eigenvalue weighted by atomic mass is 10.2. The van der Waals surface area contributed by atoms with Crippen molar-refractivity contribution >= 4 is 36.2 Å². The molecule has 0 aliphatic rings. The highest BCUT2D eigenvalue weighted by Gasteiger charge is 2.15. The van der Waals surface area contributed by atoms with E-state index in [4.69, 9.17) is 41.9 Å². The highest BCUT2D eigenvalue weighted by atomic mass is 16.7. The molecule has 30 nitrogen and oxygen atoms in total. The quantitative estimate of drug-likeness (QED) is 0.0310. The zero-order valence-corrected chi connectivity index (χ0v) is 42.1. The van der Waals surface area contributed by atoms with Gasteiger partial charge >= 0.3 is 36.2 Å². The fourth-order valence-corrected chi connectivity index (χ4v) is 3.46. The Hall–Kier alpha value is -7.72. The number of aliphatic hydroxyl groups is 4. The fraction of sp³-hybridized carbons (Fsp3) is 0.667. The van der Waals surface area contributed by atoms with Crippen LogP contribution in [0.25, 0.3) is 20.9 Å². The van der Waals surface area contributed by atoms with Crippen LogP contribution in [0.4, 0.5) is 9.59 Å². The zero-order valence-electron chi connectivity index (χ0n) is 42.1. The van der Waals surface area contributed by atoms with Gasteiger partial charge in [0, 0.05) is 43.5 Å². The van der Waals surface area contributed by atoms with Gasteiger partial charge < -0.3 is 58.3 Å². The number of aromatic nitrogens is 6. The van der Waals surface area contributed by atoms with E-state index in [-0.39, 0.29) is 89.7 Å². The number of carbonyl (C=O) groups excluding carboxylic acids is 6. The highest BCUT2D eigenvalue weighted by Crippen LogP contribution is 2.02. The minimum atomic E-state index is -1.09. The third-order valence-electron chi connectivity index (χ3n) is 6.84. The molecule has 2 aromatic heterocycles. The molecule has 2 heterocycles. The number of esters is 4. The second-order valence-electron chi connectivity index (χ2n) is 14.0. The Kier molecular flexibility index (Phi) is 46.2. The van der Waals surface area contributed by atoms with Crippen LogP contribution in [-0.4, -0.2) is 171 Å². The van der Waals surface area contributed by atoms with Gasteiger partial charge in [0.1, 0.15) is 70.3 Å². The molecule has 2 aromatic rings. The summed E-state index contributed by atoms with van der Waals surface area (Å²) in [4.78, 5) is 69.6. The number of terminal acetylenes is 2. The van der Waals surface area contributed by atoms with Crippen molar-refractivity contribution in [2.45, 2.75) is 113 Å². The van der Waals surface area contributed by atoms with Crippen LogP contribution >= 0.6 is 0 Å². The molecule has 0 spiro atoms. The van der Waals surface area contributed by atoms with Crippen molar-refractivity contribution in [1.29, 1.82) is 0 Å². The maximum absolute atomic E-state index is 11.2. The summed E-state index contributed by atoms with van der Waals surface area (Å²) in [5.74, 6) is 2.19. The maximum Gasteiger partial charge on any atom is 0.509 e. The zero-order chi connectivity index (χ0) is 55.9. The van der Waals surface area contributed by atoms with Crippen LogP contribution in [0, 0.1) is 36.5 Å². The summed E-state index contributed by atoms with van der Waals surface area (Å²) < 4.78 is 39.9. The Morgan fingerprint density at radius 2 is 1.08 bits per heavy atom. The van der Waals surface area contributed by atoms with Gasteiger partial charge in [-0.2, -0.15) is 0 Å². The molecule has 4 atom stereocenters. The van der Waals surface area contributed by atoms with Crippen LogP contribution in [-0.2, 0) is 83.2 Å². The number of nitrogens with zero attached hydrogens (tertiary/aromatic N) is 12. The van der Waals surface area contributed by atoms with Gasteiger partial charge in [-0.1, -0.05) is 61.2 Å². The summed E-state index contributed by atoms with van der Waals surface area (Å²) in [6.45, 7) is 14.2. The molecular formula is C42H68N12O18. The van der Waals surface area contributed by atoms with Crippen molar-refractivity contribution < 1.29 is 87.1 Å². The van der Waals surface area contributed by atoms with Crippen LogP contribution in [0.1, 0.15) is 73.7 Å². The second kappa shape index (κ2) is 47.0. The van der Waals surface area contributed by atoms with E-state index in [1.165, 1.54) is 20.9 Å². The van der Waals surface area contributed by atoms with Gasteiger partial charge in [0.05, 0.1) is 42.9 Å². The number of azide groups is 2. The maximum atomic E-state index is 11.2. The SMILES string of the molecule is C#CC.C#CCOC(=O)OCC(O)COC(C)=O.CC(C)C(=O)OCC(O)CN=[N+]=[N-].CCc1cn(CC(O)COC(=O)C(C)C)nn1.CCn1cc(COC(=O)OCC(O)COC(C)=O)nn1.CN=[N+]=[N-]. The molecule has 4 unspecified atom stereocenters. The number of carbonyl (C=O) groups is 6. The van der Waals surface area contributed by atoms with Crippen molar-refractivity contribution in [3.05, 3.63) is 44.7 Å². The molecule has 404 valence electrons. The molecule has 2 rings (SSSR count). The summed E-state index contributed by atoms with van der Waals surface area (Å²) in [5, 5.41) is 58.5. The number of aliphatic hydroxyl groups excluding tert-OH is 4. The van der Waals surface area contributed by atoms with E-state index in [0.717, 1.165) is 12.1 Å². The van der Waals surface area contributed by atoms with E-state index in [2.05, 4.69) is 82.6 Å². The Morgan fingerprint density at radius 3 is 1.47 bits per heavy atom. The van der Waals surface area contributed by atoms with E-state index in [1.807, 2.05) is 13.8 Å². The van der Waals surface area contributed by atoms with Crippen LogP contribution in [0.5, 0.6) is 0 Å². The van der Waals surface area contributed by atoms with Gasteiger partial charge in [-0.15, -0.1) is 29.0 Å². The number of rotatable bonds is 23. The average molecular weight is 1030 g/mol. The van der Waals surface area contributed by atoms with E-state index in [1.54, 1.807) is 56.4 Å². The molecule has 0 aliphatic heterocycles. The first kappa shape index (κ1) is 70.8. The standard InChI is InChI=1S/C11H17N3O6.C11H19N3O3.C9H12O6.C7H13N3O3.C3H4.CH3N3/c1-3-14-4-9(12-13-14)5-19-11(17)20-7-10(16)6-18-8(2)15;1-4-9-5-14(13-12-9)6-10(15)7-17-11(16)8(2)3;1-3-4-13-9(12)15-6-8(11)5-14-7(2)10;1-5(2)7(12)13-4-6(11)3-9-10-8;1-3-2;1-3-4-2/h4,10,16H,3,5-7H2,1-2H3;5,8,10,15H,4,6-7H2,1-3H3;1,8,11H,4-6H2,2H3;5-6,11H,3-4H2,1-2H3;1H,2H3;1H3. The van der Waals surface area contributed by atoms with Gasteiger partial charge in [0.15, 0.2) is 6.61 Å². The predicted octanol–water partition coefficient (Wildman–Crippen LogP) is 2.40. The number of hydrogen-bond donors (Lipinski definition) is 4. The third-order valence-corrected chi connectivity index (χ3v) is 6.84. The molecule has 30 heteroatoms. The molecule has 72 heavy (non-hydrogen) atoms. The minimum Gasteiger partial charge on any atom is -0.463 e. The van der Waals surface area contributed by atoms with Crippen molar-refractivity contribution in [2.75, 3.05) is 59.8 Å². The lowest BCUT2D eigenvalue weighted by Gasteiger charge is -2.12. The van der Waals surface area contributed by atoms with Crippen molar-refractivity contribution in [3.63, 3.8) is 0 Å². The number of hydrogen-bond acceptors (Lipinski definition) is 24. The van der Waals surface area contributed by atoms with Crippen LogP contribution in [0.3, 0.4) is 0 Å². The van der Waals surface area contributed by atoms with E-state index in [0.29, 0.717) is 12.2 Å². The Morgan fingerprint density at radius 1 is 0.667 bits per heavy atom. The van der Waals surface area contributed by atoms with Crippen molar-refractivity contribution in [2.24, 2.45) is 22.1 Å². The fourth-order valence-electron chi connectivity index (χ4n) is 3.46. The average Bonchev–Trinajstić information content (AvgIpc) is 4.02. The first-order valence-corrected chi connectivity index (χ1v) is 21.4. The van der Waals surface area contributed by atoms with Gasteiger partial charge in [-0.3, -0.25) is 23.9 Å². The van der Waals surface area contributed by atoms with Crippen LogP contribution in [0.2, 0.25) is 0 Å². The van der Waals surface area contributed by atoms with Crippen molar-refractivity contribution in [1.82, 2.24) is 30.0 Å². The van der Waals surface area contributed by atoms with E-state index < -0.39 is 48.7 Å². The summed E-state index contributed by atoms with van der Waals surface area (Å²) >= 11 is 0. The summed E-state index contributed by atoms with van der Waals surface area (Å²) in [6.07, 6.45) is 7.87. The first-order chi connectivity index (χ1) is 34.0. The van der Waals surface area contributed by atoms with Crippen molar-refractivity contribution in [3.8, 4) is 24.7 Å². The summed E-state index contributed by atoms with van der Waals surface area (Å²) in [5.41, 5.74) is 16.6. The molecule has 0 aliphatic carbocycles. The molecule has 0 saturated carbocycles. The Labute approximate surface area is 416 Å². The second-order valence-corrected chi connectivity index (χ2v) is 14.0. The van der Waals surface area contributed by atoms with Gasteiger partial charge in [0.25, 0.3) is 0 Å². The lowest BCUT2D eigenvalue weighted by Crippen LogP contribution is -2.25. The topological polar surface area (TPSA) is 416 Å². The Balaban J connectivity index is -0.000000413. The molecule has 0 aromatic carbocycles. The molecule has 0 fully saturated rings. The van der Waals surface area contributed by atoms with Gasteiger partial charge in [-0.25, -0.2) is 14.3 Å². The van der Waals surface area contributed by atoms with E-state index >= 15 is 0 Å². The first-order valence-electron chi connectivity index (χ1n) is 21.4. The predicted molar refractivity (Wildman–Crippen MR) is 250 cm³/mol. The van der Waals surface area contributed by atoms with Crippen LogP contribution in [0.15, 0.2) is 22.6 Å². The smallest absolute Gasteiger partial charge is 0.463 e. The highest BCUT2D eigenvalue weighted by molar-refractivity contribution is 5.71. The number of aryl methyl sites for hydroxylation is 2. The molecule has 4 N–H and O–H groups in total. The minimum absolute atomic E-state index is 0.0155. The molecular weight excluding hydrogens is 961 g/mol. The Bertz CT molecular complexity index is 2010. The molecule has 0 bridgehead atoms. The van der Waals surface area contributed by atoms with Gasteiger partial charge in [-0.05, 0) is 31.3 Å². The van der Waals surface area contributed by atoms with E-state index in [9.17, 15) is 39.0 Å². The third kappa shape index (κ3) is 47.4. The summed E-state index contributed by atoms with van der Waals surface area (Å²) in [6, 6.07) is 0. The normalized spacial score (nSPS) is 11.1. The molecule has 0 radical (unpaired) electrons. The summed E-state index contributed by atoms with van der Waals surface area (Å²) in [7, 11) is 1.39. The van der Waals surface area contributed by atoms with Gasteiger partial charge in [0.2, 0.25) is 0 Å².